The van der Waals surface area contributed by atoms with Crippen molar-refractivity contribution in [1.29, 1.82) is 0 Å². The molecule has 7 heteroatoms. The highest BCUT2D eigenvalue weighted by molar-refractivity contribution is 5.76. The molecule has 2 saturated heterocycles. The number of amides is 1. The molecule has 0 aromatic carbocycles. The molecule has 8 fully saturated rings. The van der Waals surface area contributed by atoms with E-state index in [9.17, 15) is 9.90 Å². The van der Waals surface area contributed by atoms with Gasteiger partial charge in [0.15, 0.2) is 6.29 Å². The number of fused-ring (bicyclic) bond motifs is 4. The average Bonchev–Trinajstić information content (AvgIpc) is 3.90. The molecule has 0 bridgehead atoms. The SMILES string of the molecule is C[C@@H]1C[C@H](CCN)O[C@H]2C1[C@@]1(C)CC[C@@]34CC35CCC(OC3CN(C(=O)CC6CC6)CCO3)C(C)(C)[C@@H]5CC[C@H]4[C@]1(C)[C@H]2O. The van der Waals surface area contributed by atoms with Crippen LogP contribution in [0.25, 0.3) is 0 Å². The van der Waals surface area contributed by atoms with Gasteiger partial charge in [-0.2, -0.15) is 0 Å². The topological polar surface area (TPSA) is 94.3 Å². The number of rotatable bonds is 6. The standard InChI is InChI=1S/C37H60N2O5/c1-22-18-24(11-15-38)43-31-30(22)34(4)13-14-37-21-36(37)12-10-27(33(2,3)25(36)8-9-26(37)35(34,5)32(31)41)44-29-20-39(16-17-42-29)28(40)19-23-6-7-23/h22-27,29-32,41H,6-21,38H2,1-5H3/t22-,24+,25+,26+,27?,29?,30?,31+,32+,34-,35-,36?,37+/m1/s1. The lowest BCUT2D eigenvalue weighted by molar-refractivity contribution is -0.248. The molecular formula is C37H60N2O5. The molecule has 44 heavy (non-hydrogen) atoms. The second-order valence-electron chi connectivity index (χ2n) is 18.1. The number of nitrogens with zero attached hydrogens (tertiary/aromatic N) is 1. The Kier molecular flexibility index (Phi) is 7.05. The first-order valence-electron chi connectivity index (χ1n) is 18.5. The average molecular weight is 613 g/mol. The fourth-order valence-corrected chi connectivity index (χ4v) is 13.8. The molecule has 6 saturated carbocycles. The Labute approximate surface area is 265 Å². The predicted molar refractivity (Wildman–Crippen MR) is 168 cm³/mol. The molecule has 2 spiro atoms. The molecule has 1 amide bonds. The van der Waals surface area contributed by atoms with E-state index in [0.717, 1.165) is 19.3 Å². The first-order chi connectivity index (χ1) is 20.9. The number of ether oxygens (including phenoxy) is 3. The molecule has 0 aromatic rings. The van der Waals surface area contributed by atoms with Crippen molar-refractivity contribution in [3.8, 4) is 0 Å². The summed E-state index contributed by atoms with van der Waals surface area (Å²) < 4.78 is 19.7. The number of hydrogen-bond acceptors (Lipinski definition) is 6. The fourth-order valence-electron chi connectivity index (χ4n) is 13.8. The molecule has 13 atom stereocenters. The van der Waals surface area contributed by atoms with Crippen LogP contribution in [-0.2, 0) is 19.0 Å². The van der Waals surface area contributed by atoms with Crippen molar-refractivity contribution in [3.05, 3.63) is 0 Å². The van der Waals surface area contributed by atoms with Gasteiger partial charge in [-0.05, 0) is 128 Å². The van der Waals surface area contributed by atoms with Crippen molar-refractivity contribution in [2.75, 3.05) is 26.2 Å². The minimum atomic E-state index is -0.404. The number of carbonyl (C=O) groups excluding carboxylic acids is 1. The summed E-state index contributed by atoms with van der Waals surface area (Å²) in [5.41, 5.74) is 6.70. The van der Waals surface area contributed by atoms with Crippen molar-refractivity contribution < 1.29 is 24.1 Å². The molecule has 2 aliphatic heterocycles. The van der Waals surface area contributed by atoms with Gasteiger partial charge in [0.1, 0.15) is 0 Å². The highest BCUT2D eigenvalue weighted by Crippen LogP contribution is 2.89. The number of carbonyl (C=O) groups is 1. The Morgan fingerprint density at radius 1 is 1.02 bits per heavy atom. The van der Waals surface area contributed by atoms with E-state index in [1.807, 2.05) is 4.90 Å². The molecule has 248 valence electrons. The van der Waals surface area contributed by atoms with Crippen LogP contribution in [0.15, 0.2) is 0 Å². The van der Waals surface area contributed by atoms with Crippen LogP contribution in [0.2, 0.25) is 0 Å². The van der Waals surface area contributed by atoms with E-state index in [0.29, 0.717) is 73.1 Å². The van der Waals surface area contributed by atoms with Crippen LogP contribution in [0.3, 0.4) is 0 Å². The minimum Gasteiger partial charge on any atom is -0.390 e. The van der Waals surface area contributed by atoms with Gasteiger partial charge in [-0.25, -0.2) is 0 Å². The Balaban J connectivity index is 1.01. The van der Waals surface area contributed by atoms with Gasteiger partial charge in [0.2, 0.25) is 5.91 Å². The third-order valence-corrected chi connectivity index (χ3v) is 16.2. The summed E-state index contributed by atoms with van der Waals surface area (Å²) in [7, 11) is 0. The second kappa shape index (κ2) is 10.1. The smallest absolute Gasteiger partial charge is 0.223 e. The number of morpholine rings is 1. The van der Waals surface area contributed by atoms with Gasteiger partial charge < -0.3 is 30.0 Å². The van der Waals surface area contributed by atoms with Crippen molar-refractivity contribution in [2.45, 2.75) is 142 Å². The highest BCUT2D eigenvalue weighted by Gasteiger charge is 2.84. The summed E-state index contributed by atoms with van der Waals surface area (Å²) >= 11 is 0. The molecular weight excluding hydrogens is 552 g/mol. The van der Waals surface area contributed by atoms with E-state index in [1.165, 1.54) is 51.4 Å². The lowest BCUT2D eigenvalue weighted by Gasteiger charge is -2.64. The van der Waals surface area contributed by atoms with Crippen molar-refractivity contribution in [1.82, 2.24) is 4.90 Å². The third-order valence-electron chi connectivity index (χ3n) is 16.2. The van der Waals surface area contributed by atoms with E-state index in [-0.39, 0.29) is 46.8 Å². The van der Waals surface area contributed by atoms with Crippen LogP contribution in [-0.4, -0.2) is 72.9 Å². The number of nitrogens with two attached hydrogens (primary N) is 1. The first kappa shape index (κ1) is 30.6. The van der Waals surface area contributed by atoms with Gasteiger partial charge in [0, 0.05) is 18.4 Å². The Morgan fingerprint density at radius 3 is 2.52 bits per heavy atom. The number of aliphatic hydroxyl groups excluding tert-OH is 1. The van der Waals surface area contributed by atoms with Crippen molar-refractivity contribution >= 4 is 5.91 Å². The molecule has 7 nitrogen and oxygen atoms in total. The zero-order valence-electron chi connectivity index (χ0n) is 28.2. The Morgan fingerprint density at radius 2 is 1.77 bits per heavy atom. The molecule has 8 rings (SSSR count). The molecule has 3 N–H and O–H groups in total. The van der Waals surface area contributed by atoms with Gasteiger partial charge >= 0.3 is 0 Å². The largest absolute Gasteiger partial charge is 0.390 e. The Hall–Kier alpha value is -0.730. The van der Waals surface area contributed by atoms with Crippen LogP contribution in [0.4, 0.5) is 0 Å². The van der Waals surface area contributed by atoms with Gasteiger partial charge in [-0.3, -0.25) is 4.79 Å². The van der Waals surface area contributed by atoms with E-state index < -0.39 is 6.10 Å². The highest BCUT2D eigenvalue weighted by atomic mass is 16.7. The van der Waals surface area contributed by atoms with Gasteiger partial charge in [0.25, 0.3) is 0 Å². The van der Waals surface area contributed by atoms with Gasteiger partial charge in [-0.15, -0.1) is 0 Å². The number of hydrogen-bond donors (Lipinski definition) is 2. The van der Waals surface area contributed by atoms with Crippen molar-refractivity contribution in [2.24, 2.45) is 62.4 Å². The van der Waals surface area contributed by atoms with Crippen LogP contribution < -0.4 is 5.73 Å². The van der Waals surface area contributed by atoms with E-state index in [1.54, 1.807) is 0 Å². The van der Waals surface area contributed by atoms with Crippen molar-refractivity contribution in [3.63, 3.8) is 0 Å². The summed E-state index contributed by atoms with van der Waals surface area (Å²) in [4.78, 5) is 14.9. The maximum absolute atomic E-state index is 12.9. The normalized spacial score (nSPS) is 54.0. The molecule has 0 radical (unpaired) electrons. The monoisotopic (exact) mass is 612 g/mol. The van der Waals surface area contributed by atoms with E-state index in [2.05, 4.69) is 34.6 Å². The molecule has 6 aliphatic carbocycles. The lowest BCUT2D eigenvalue weighted by Crippen LogP contribution is -2.60. The zero-order chi connectivity index (χ0) is 30.9. The second-order valence-corrected chi connectivity index (χ2v) is 18.1. The molecule has 4 unspecified atom stereocenters. The maximum Gasteiger partial charge on any atom is 0.223 e. The first-order valence-corrected chi connectivity index (χ1v) is 18.5. The molecule has 2 heterocycles. The molecule has 8 aliphatic rings. The summed E-state index contributed by atoms with van der Waals surface area (Å²) in [6.07, 6.45) is 13.2. The van der Waals surface area contributed by atoms with Crippen LogP contribution in [0, 0.1) is 56.7 Å². The maximum atomic E-state index is 12.9. The van der Waals surface area contributed by atoms with Gasteiger partial charge in [0.05, 0.1) is 37.6 Å². The summed E-state index contributed by atoms with van der Waals surface area (Å²) in [6.45, 7) is 14.9. The lowest BCUT2D eigenvalue weighted by atomic mass is 9.41. The quantitative estimate of drug-likeness (QED) is 0.411. The Bertz CT molecular complexity index is 1160. The summed E-state index contributed by atoms with van der Waals surface area (Å²) in [5.74, 6) is 3.05. The van der Waals surface area contributed by atoms with Crippen LogP contribution >= 0.6 is 0 Å². The third kappa shape index (κ3) is 4.00. The van der Waals surface area contributed by atoms with Crippen LogP contribution in [0.1, 0.15) is 112 Å². The minimum absolute atomic E-state index is 0.0490. The zero-order valence-corrected chi connectivity index (χ0v) is 28.2. The van der Waals surface area contributed by atoms with Crippen LogP contribution in [0.5, 0.6) is 0 Å². The predicted octanol–water partition coefficient (Wildman–Crippen LogP) is 5.52. The summed E-state index contributed by atoms with van der Waals surface area (Å²) in [6, 6.07) is 0. The number of aliphatic hydroxyl groups is 1. The molecule has 0 aromatic heterocycles. The summed E-state index contributed by atoms with van der Waals surface area (Å²) in [5, 5.41) is 12.3. The van der Waals surface area contributed by atoms with E-state index in [4.69, 9.17) is 19.9 Å². The van der Waals surface area contributed by atoms with E-state index >= 15 is 0 Å². The fraction of sp³-hybridized carbons (Fsp3) is 0.973. The van der Waals surface area contributed by atoms with Gasteiger partial charge in [-0.1, -0.05) is 34.6 Å².